The highest BCUT2D eigenvalue weighted by atomic mass is 16.3. The van der Waals surface area contributed by atoms with Crippen molar-refractivity contribution in [2.75, 3.05) is 13.1 Å². The molecule has 2 atom stereocenters. The van der Waals surface area contributed by atoms with Crippen LogP contribution in [0.3, 0.4) is 0 Å². The number of rotatable bonds is 6. The maximum atomic E-state index is 12.0. The summed E-state index contributed by atoms with van der Waals surface area (Å²) in [4.78, 5) is 22.7. The molecule has 9 nitrogen and oxygen atoms in total. The van der Waals surface area contributed by atoms with Gasteiger partial charge in [-0.15, -0.1) is 5.10 Å². The highest BCUT2D eigenvalue weighted by Crippen LogP contribution is 2.25. The van der Waals surface area contributed by atoms with Crippen LogP contribution in [0.25, 0.3) is 0 Å². The molecule has 2 rings (SSSR count). The minimum atomic E-state index is -1.05. The van der Waals surface area contributed by atoms with Crippen LogP contribution in [0, 0.1) is 0 Å². The molecule has 1 saturated heterocycles. The van der Waals surface area contributed by atoms with Crippen molar-refractivity contribution in [1.82, 2.24) is 25.6 Å². The second kappa shape index (κ2) is 6.41. The van der Waals surface area contributed by atoms with Gasteiger partial charge in [0, 0.05) is 19.5 Å². The largest absolute Gasteiger partial charge is 0.384 e. The van der Waals surface area contributed by atoms with Gasteiger partial charge < -0.3 is 21.5 Å². The van der Waals surface area contributed by atoms with E-state index in [4.69, 9.17) is 5.73 Å². The number of nitrogens with one attached hydrogen (secondary N) is 2. The number of amides is 2. The van der Waals surface area contributed by atoms with Crippen molar-refractivity contribution in [3.05, 3.63) is 11.9 Å². The molecule has 0 aliphatic carbocycles. The Morgan fingerprint density at radius 3 is 2.95 bits per heavy atom. The lowest BCUT2D eigenvalue weighted by Crippen LogP contribution is -2.41. The summed E-state index contributed by atoms with van der Waals surface area (Å²) in [6.45, 7) is 4.12. The van der Waals surface area contributed by atoms with Gasteiger partial charge in [0.05, 0.1) is 24.0 Å². The van der Waals surface area contributed by atoms with Crippen LogP contribution in [0.4, 0.5) is 0 Å². The quantitative estimate of drug-likeness (QED) is 0.500. The third-order valence-electron chi connectivity index (χ3n) is 3.64. The highest BCUT2D eigenvalue weighted by Gasteiger charge is 2.34. The standard InChI is InChI=1S/C13H22N6O3/c1-13(2,22)10-7-17-18-19(10)8-5-9(16-6-8)12(21)15-4-3-11(14)20/h7-9,16,22H,3-6H2,1-2H3,(H2,14,20)(H,15,21)/t8-,9-/m0/s1. The van der Waals surface area contributed by atoms with Gasteiger partial charge in [-0.25, -0.2) is 4.68 Å². The molecule has 9 heteroatoms. The monoisotopic (exact) mass is 310 g/mol. The Morgan fingerprint density at radius 1 is 1.59 bits per heavy atom. The summed E-state index contributed by atoms with van der Waals surface area (Å²) in [7, 11) is 0. The summed E-state index contributed by atoms with van der Waals surface area (Å²) in [6, 6.07) is -0.424. The van der Waals surface area contributed by atoms with Crippen molar-refractivity contribution in [2.24, 2.45) is 5.73 Å². The van der Waals surface area contributed by atoms with Crippen LogP contribution in [0.1, 0.15) is 38.4 Å². The molecule has 1 fully saturated rings. The fraction of sp³-hybridized carbons (Fsp3) is 0.692. The SMILES string of the molecule is CC(C)(O)c1cnnn1[C@@H]1CN[C@H](C(=O)NCCC(N)=O)C1. The van der Waals surface area contributed by atoms with Gasteiger partial charge in [-0.1, -0.05) is 5.21 Å². The van der Waals surface area contributed by atoms with E-state index in [2.05, 4.69) is 20.9 Å². The number of nitrogens with two attached hydrogens (primary N) is 1. The second-order valence-corrected chi connectivity index (χ2v) is 5.98. The smallest absolute Gasteiger partial charge is 0.237 e. The normalized spacial score (nSPS) is 21.8. The summed E-state index contributed by atoms with van der Waals surface area (Å²) in [6.07, 6.45) is 2.18. The molecule has 0 saturated carbocycles. The third-order valence-corrected chi connectivity index (χ3v) is 3.64. The zero-order chi connectivity index (χ0) is 16.3. The third kappa shape index (κ3) is 3.80. The van der Waals surface area contributed by atoms with E-state index in [-0.39, 0.29) is 31.0 Å². The number of hydrogen-bond acceptors (Lipinski definition) is 6. The maximum Gasteiger partial charge on any atom is 0.237 e. The zero-order valence-electron chi connectivity index (χ0n) is 12.7. The van der Waals surface area contributed by atoms with Crippen LogP contribution in [-0.2, 0) is 15.2 Å². The molecule has 1 aliphatic heterocycles. The van der Waals surface area contributed by atoms with E-state index in [0.29, 0.717) is 18.7 Å². The minimum absolute atomic E-state index is 0.0594. The molecule has 1 aromatic heterocycles. The van der Waals surface area contributed by atoms with Crippen molar-refractivity contribution < 1.29 is 14.7 Å². The number of nitrogens with zero attached hydrogens (tertiary/aromatic N) is 3. The first-order valence-electron chi connectivity index (χ1n) is 7.21. The van der Waals surface area contributed by atoms with Crippen LogP contribution in [-0.4, -0.2) is 51.0 Å². The Labute approximate surface area is 128 Å². The fourth-order valence-electron chi connectivity index (χ4n) is 2.49. The predicted molar refractivity (Wildman–Crippen MR) is 77.5 cm³/mol. The van der Waals surface area contributed by atoms with Gasteiger partial charge in [0.25, 0.3) is 0 Å². The number of hydrogen-bond donors (Lipinski definition) is 4. The van der Waals surface area contributed by atoms with Gasteiger partial charge in [0.2, 0.25) is 11.8 Å². The van der Waals surface area contributed by atoms with E-state index in [9.17, 15) is 14.7 Å². The lowest BCUT2D eigenvalue weighted by molar-refractivity contribution is -0.123. The average Bonchev–Trinajstić information content (AvgIpc) is 3.06. The molecular formula is C13H22N6O3. The number of carbonyl (C=O) groups is 2. The molecule has 0 bridgehead atoms. The van der Waals surface area contributed by atoms with Crippen molar-refractivity contribution in [1.29, 1.82) is 0 Å². The van der Waals surface area contributed by atoms with Crippen molar-refractivity contribution >= 4 is 11.8 Å². The maximum absolute atomic E-state index is 12.0. The number of primary amides is 1. The van der Waals surface area contributed by atoms with Crippen molar-refractivity contribution in [3.63, 3.8) is 0 Å². The van der Waals surface area contributed by atoms with E-state index in [1.54, 1.807) is 18.5 Å². The first kappa shape index (κ1) is 16.4. The van der Waals surface area contributed by atoms with E-state index < -0.39 is 11.5 Å². The van der Waals surface area contributed by atoms with Crippen molar-refractivity contribution in [2.45, 2.75) is 44.4 Å². The lowest BCUT2D eigenvalue weighted by atomic mass is 10.1. The molecule has 1 aromatic rings. The Morgan fingerprint density at radius 2 is 2.32 bits per heavy atom. The number of carbonyl (C=O) groups excluding carboxylic acids is 2. The molecule has 2 amide bonds. The van der Waals surface area contributed by atoms with Gasteiger partial charge in [0.15, 0.2) is 0 Å². The van der Waals surface area contributed by atoms with E-state index in [0.717, 1.165) is 0 Å². The molecule has 0 spiro atoms. The Balaban J connectivity index is 1.94. The molecular weight excluding hydrogens is 288 g/mol. The summed E-state index contributed by atoms with van der Waals surface area (Å²) in [5.74, 6) is -0.622. The summed E-state index contributed by atoms with van der Waals surface area (Å²) in [5.41, 5.74) is 4.58. The van der Waals surface area contributed by atoms with Crippen LogP contribution >= 0.6 is 0 Å². The second-order valence-electron chi connectivity index (χ2n) is 5.98. The molecule has 5 N–H and O–H groups in total. The van der Waals surface area contributed by atoms with Gasteiger partial charge in [0.1, 0.15) is 5.60 Å². The van der Waals surface area contributed by atoms with E-state index in [1.807, 2.05) is 0 Å². The Kier molecular flexibility index (Phi) is 4.77. The molecule has 122 valence electrons. The first-order chi connectivity index (χ1) is 10.3. The number of aliphatic hydroxyl groups is 1. The minimum Gasteiger partial charge on any atom is -0.384 e. The predicted octanol–water partition coefficient (Wildman–Crippen LogP) is -1.60. The van der Waals surface area contributed by atoms with E-state index in [1.165, 1.54) is 6.20 Å². The molecule has 0 radical (unpaired) electrons. The molecule has 0 unspecified atom stereocenters. The lowest BCUT2D eigenvalue weighted by Gasteiger charge is -2.21. The van der Waals surface area contributed by atoms with Crippen LogP contribution in [0.5, 0.6) is 0 Å². The first-order valence-corrected chi connectivity index (χ1v) is 7.21. The molecule has 0 aromatic carbocycles. The Hall–Kier alpha value is -2.00. The van der Waals surface area contributed by atoms with E-state index >= 15 is 0 Å². The van der Waals surface area contributed by atoms with Crippen LogP contribution < -0.4 is 16.4 Å². The zero-order valence-corrected chi connectivity index (χ0v) is 12.7. The van der Waals surface area contributed by atoms with Crippen LogP contribution in [0.2, 0.25) is 0 Å². The molecule has 1 aliphatic rings. The van der Waals surface area contributed by atoms with Crippen LogP contribution in [0.15, 0.2) is 6.20 Å². The summed E-state index contributed by atoms with van der Waals surface area (Å²) in [5, 5.41) is 23.8. The van der Waals surface area contributed by atoms with Gasteiger partial charge in [-0.3, -0.25) is 9.59 Å². The van der Waals surface area contributed by atoms with Crippen molar-refractivity contribution in [3.8, 4) is 0 Å². The van der Waals surface area contributed by atoms with Gasteiger partial charge in [-0.05, 0) is 20.3 Å². The highest BCUT2D eigenvalue weighted by molar-refractivity contribution is 5.82. The van der Waals surface area contributed by atoms with Gasteiger partial charge >= 0.3 is 0 Å². The average molecular weight is 310 g/mol. The summed E-state index contributed by atoms with van der Waals surface area (Å²) < 4.78 is 1.66. The van der Waals surface area contributed by atoms with Gasteiger partial charge in [-0.2, -0.15) is 0 Å². The Bertz CT molecular complexity index is 550. The summed E-state index contributed by atoms with van der Waals surface area (Å²) >= 11 is 0. The molecule has 22 heavy (non-hydrogen) atoms. The number of aromatic nitrogens is 3. The molecule has 2 heterocycles. The fourth-order valence-corrected chi connectivity index (χ4v) is 2.49. The topological polar surface area (TPSA) is 135 Å².